The van der Waals surface area contributed by atoms with Crippen molar-refractivity contribution < 1.29 is 43.5 Å². The van der Waals surface area contributed by atoms with E-state index in [0.717, 1.165) is 30.4 Å². The van der Waals surface area contributed by atoms with Crippen LogP contribution >= 0.6 is 0 Å². The molecule has 1 fully saturated rings. The lowest BCUT2D eigenvalue weighted by molar-refractivity contribution is -0.165. The van der Waals surface area contributed by atoms with Crippen LogP contribution in [0.2, 0.25) is 0 Å². The molecule has 3 atom stereocenters. The standard InChI is InChI=1S/C30H39FO8/c1-19(2)25-18-26(37-14-15-39-28-6-4-5-13-38-28)30(36-3)29(20-7-9-21(31)10-8-20)24(25)12-11-22(32)16-23(33)17-27(34)35/h7-12,18-19,22-23,28,32-33H,4-6,13-17H2,1-3H3,(H,34,35)/b12-11+. The van der Waals surface area contributed by atoms with Gasteiger partial charge >= 0.3 is 5.97 Å². The van der Waals surface area contributed by atoms with Crippen LogP contribution in [0.15, 0.2) is 36.4 Å². The second kappa shape index (κ2) is 15.0. The van der Waals surface area contributed by atoms with Gasteiger partial charge in [0.15, 0.2) is 17.8 Å². The largest absolute Gasteiger partial charge is 0.492 e. The van der Waals surface area contributed by atoms with Crippen molar-refractivity contribution >= 4 is 12.0 Å². The Balaban J connectivity index is 1.95. The van der Waals surface area contributed by atoms with Gasteiger partial charge in [-0.15, -0.1) is 0 Å². The number of hydrogen-bond acceptors (Lipinski definition) is 7. The van der Waals surface area contributed by atoms with Crippen LogP contribution in [-0.2, 0) is 14.3 Å². The van der Waals surface area contributed by atoms with E-state index in [9.17, 15) is 19.4 Å². The van der Waals surface area contributed by atoms with E-state index in [4.69, 9.17) is 24.1 Å². The molecule has 0 spiro atoms. The highest BCUT2D eigenvalue weighted by Gasteiger charge is 2.23. The van der Waals surface area contributed by atoms with Crippen molar-refractivity contribution in [2.45, 2.75) is 70.4 Å². The Hall–Kier alpha value is -2.98. The van der Waals surface area contributed by atoms with Crippen molar-refractivity contribution in [3.8, 4) is 22.6 Å². The topological polar surface area (TPSA) is 115 Å². The van der Waals surface area contributed by atoms with Gasteiger partial charge in [0.05, 0.1) is 32.3 Å². The molecule has 0 bridgehead atoms. The first-order valence-electron chi connectivity index (χ1n) is 13.3. The minimum Gasteiger partial charge on any atom is -0.492 e. The molecular weight excluding hydrogens is 507 g/mol. The van der Waals surface area contributed by atoms with E-state index in [0.29, 0.717) is 35.8 Å². The predicted octanol–water partition coefficient (Wildman–Crippen LogP) is 5.15. The summed E-state index contributed by atoms with van der Waals surface area (Å²) in [6.07, 6.45) is 3.12. The molecule has 0 aliphatic carbocycles. The minimum absolute atomic E-state index is 0.0405. The minimum atomic E-state index is -1.19. The fourth-order valence-electron chi connectivity index (χ4n) is 4.57. The summed E-state index contributed by atoms with van der Waals surface area (Å²) >= 11 is 0. The van der Waals surface area contributed by atoms with Crippen molar-refractivity contribution in [2.75, 3.05) is 26.9 Å². The number of carboxylic acid groups (broad SMARTS) is 1. The molecule has 1 aliphatic heterocycles. The van der Waals surface area contributed by atoms with Crippen molar-refractivity contribution in [1.29, 1.82) is 0 Å². The summed E-state index contributed by atoms with van der Waals surface area (Å²) in [4.78, 5) is 10.9. The predicted molar refractivity (Wildman–Crippen MR) is 145 cm³/mol. The summed E-state index contributed by atoms with van der Waals surface area (Å²) in [7, 11) is 1.53. The molecule has 9 heteroatoms. The van der Waals surface area contributed by atoms with E-state index < -0.39 is 24.6 Å². The zero-order valence-corrected chi connectivity index (χ0v) is 22.8. The molecule has 0 amide bonds. The molecule has 2 aromatic rings. The SMILES string of the molecule is COc1c(OCCOC2CCCCO2)cc(C(C)C)c(/C=C/C(O)CC(O)CC(=O)O)c1-c1ccc(F)cc1. The molecule has 0 saturated carbocycles. The fraction of sp³-hybridized carbons (Fsp3) is 0.500. The van der Waals surface area contributed by atoms with Crippen LogP contribution in [-0.4, -0.2) is 66.7 Å². The molecule has 39 heavy (non-hydrogen) atoms. The number of methoxy groups -OCH3 is 1. The third-order valence-corrected chi connectivity index (χ3v) is 6.47. The van der Waals surface area contributed by atoms with Gasteiger partial charge < -0.3 is 34.3 Å². The maximum atomic E-state index is 13.8. The van der Waals surface area contributed by atoms with Crippen LogP contribution < -0.4 is 9.47 Å². The van der Waals surface area contributed by atoms with Crippen LogP contribution in [0.3, 0.4) is 0 Å². The molecular formula is C30H39FO8. The smallest absolute Gasteiger partial charge is 0.305 e. The van der Waals surface area contributed by atoms with Crippen LogP contribution in [0.1, 0.15) is 63.0 Å². The molecule has 3 N–H and O–H groups in total. The number of carbonyl (C=O) groups is 1. The van der Waals surface area contributed by atoms with Gasteiger partial charge in [0, 0.05) is 18.6 Å². The summed E-state index contributed by atoms with van der Waals surface area (Å²) in [5.41, 5.74) is 2.98. The number of aliphatic hydroxyl groups excluding tert-OH is 2. The van der Waals surface area contributed by atoms with E-state index in [1.54, 1.807) is 18.2 Å². The Morgan fingerprint density at radius 2 is 1.92 bits per heavy atom. The van der Waals surface area contributed by atoms with Gasteiger partial charge in [0.25, 0.3) is 0 Å². The second-order valence-electron chi connectivity index (χ2n) is 9.88. The number of ether oxygens (including phenoxy) is 4. The summed E-state index contributed by atoms with van der Waals surface area (Å²) in [6.45, 7) is 5.34. The average Bonchev–Trinajstić information content (AvgIpc) is 2.90. The van der Waals surface area contributed by atoms with Gasteiger partial charge in [-0.3, -0.25) is 4.79 Å². The molecule has 1 saturated heterocycles. The highest BCUT2D eigenvalue weighted by atomic mass is 19.1. The lowest BCUT2D eigenvalue weighted by Gasteiger charge is -2.24. The number of hydrogen-bond donors (Lipinski definition) is 3. The van der Waals surface area contributed by atoms with Gasteiger partial charge in [-0.05, 0) is 60.1 Å². The Labute approximate surface area is 229 Å². The van der Waals surface area contributed by atoms with Gasteiger partial charge in [-0.25, -0.2) is 4.39 Å². The summed E-state index contributed by atoms with van der Waals surface area (Å²) in [5.74, 6) is -0.533. The van der Waals surface area contributed by atoms with Gasteiger partial charge in [-0.1, -0.05) is 38.1 Å². The molecule has 214 valence electrons. The fourth-order valence-corrected chi connectivity index (χ4v) is 4.57. The molecule has 0 radical (unpaired) electrons. The van der Waals surface area contributed by atoms with Crippen molar-refractivity contribution in [3.63, 3.8) is 0 Å². The second-order valence-corrected chi connectivity index (χ2v) is 9.88. The number of carboxylic acids is 1. The zero-order valence-electron chi connectivity index (χ0n) is 22.8. The van der Waals surface area contributed by atoms with E-state index in [1.807, 2.05) is 19.9 Å². The maximum absolute atomic E-state index is 13.8. The Morgan fingerprint density at radius 1 is 1.18 bits per heavy atom. The Bertz CT molecular complexity index is 1090. The monoisotopic (exact) mass is 546 g/mol. The lowest BCUT2D eigenvalue weighted by atomic mass is 9.88. The highest BCUT2D eigenvalue weighted by Crippen LogP contribution is 2.45. The quantitative estimate of drug-likeness (QED) is 0.279. The Kier molecular flexibility index (Phi) is 11.7. The summed E-state index contributed by atoms with van der Waals surface area (Å²) in [5, 5.41) is 29.3. The van der Waals surface area contributed by atoms with Crippen molar-refractivity contribution in [1.82, 2.24) is 0 Å². The number of aliphatic carboxylic acids is 1. The molecule has 3 unspecified atom stereocenters. The van der Waals surface area contributed by atoms with E-state index in [-0.39, 0.29) is 31.1 Å². The molecule has 3 rings (SSSR count). The first-order valence-corrected chi connectivity index (χ1v) is 13.3. The third-order valence-electron chi connectivity index (χ3n) is 6.47. The molecule has 2 aromatic carbocycles. The maximum Gasteiger partial charge on any atom is 0.305 e. The molecule has 1 aliphatic rings. The van der Waals surface area contributed by atoms with Gasteiger partial charge in [0.2, 0.25) is 0 Å². The third kappa shape index (κ3) is 9.03. The van der Waals surface area contributed by atoms with Crippen molar-refractivity contribution in [2.24, 2.45) is 0 Å². The van der Waals surface area contributed by atoms with Crippen LogP contribution in [0.25, 0.3) is 17.2 Å². The van der Waals surface area contributed by atoms with Crippen LogP contribution in [0.5, 0.6) is 11.5 Å². The van der Waals surface area contributed by atoms with E-state index in [1.165, 1.54) is 25.3 Å². The normalized spacial score (nSPS) is 17.4. The number of benzene rings is 2. The van der Waals surface area contributed by atoms with Crippen LogP contribution in [0.4, 0.5) is 4.39 Å². The number of rotatable bonds is 14. The molecule has 1 heterocycles. The van der Waals surface area contributed by atoms with Gasteiger partial charge in [0.1, 0.15) is 12.4 Å². The molecule has 8 nitrogen and oxygen atoms in total. The van der Waals surface area contributed by atoms with E-state index in [2.05, 4.69) is 0 Å². The van der Waals surface area contributed by atoms with Gasteiger partial charge in [-0.2, -0.15) is 0 Å². The summed E-state index contributed by atoms with van der Waals surface area (Å²) < 4.78 is 37.2. The number of aliphatic hydroxyl groups is 2. The van der Waals surface area contributed by atoms with Crippen molar-refractivity contribution in [3.05, 3.63) is 53.4 Å². The zero-order chi connectivity index (χ0) is 28.4. The Morgan fingerprint density at radius 3 is 2.54 bits per heavy atom. The van der Waals surface area contributed by atoms with E-state index >= 15 is 0 Å². The first kappa shape index (κ1) is 30.6. The average molecular weight is 547 g/mol. The van der Waals surface area contributed by atoms with Crippen LogP contribution in [0, 0.1) is 5.82 Å². The first-order chi connectivity index (χ1) is 18.7. The number of halogens is 1. The molecule has 0 aromatic heterocycles. The highest BCUT2D eigenvalue weighted by molar-refractivity contribution is 5.85. The summed E-state index contributed by atoms with van der Waals surface area (Å²) in [6, 6.07) is 7.91. The lowest BCUT2D eigenvalue weighted by Crippen LogP contribution is -2.24.